The number of aliphatic hydroxyl groups excluding tert-OH is 1. The molecule has 3 N–H and O–H groups in total. The number of carbonyl (C=O) groups excluding carboxylic acids is 2. The second-order valence-corrected chi connectivity index (χ2v) is 4.38. The standard InChI is InChI=1S/C12H20N4O3/c1-9(15-10(2)18)7-12(19)16(5-6-17)8-11-13-3-4-14-11/h3-4,9,17H,5-8H2,1-2H3,(H,13,14)(H,15,18). The Morgan fingerprint density at radius 2 is 2.32 bits per heavy atom. The number of rotatable bonds is 7. The highest BCUT2D eigenvalue weighted by atomic mass is 16.3. The molecular weight excluding hydrogens is 248 g/mol. The molecule has 0 aromatic carbocycles. The summed E-state index contributed by atoms with van der Waals surface area (Å²) in [5, 5.41) is 11.7. The number of nitrogens with zero attached hydrogens (tertiary/aromatic N) is 2. The highest BCUT2D eigenvalue weighted by Gasteiger charge is 2.17. The van der Waals surface area contributed by atoms with E-state index >= 15 is 0 Å². The van der Waals surface area contributed by atoms with Crippen molar-refractivity contribution in [3.63, 3.8) is 0 Å². The number of H-pyrrole nitrogens is 1. The summed E-state index contributed by atoms with van der Waals surface area (Å²) in [6.45, 7) is 3.63. The molecule has 106 valence electrons. The Labute approximate surface area is 112 Å². The zero-order chi connectivity index (χ0) is 14.3. The van der Waals surface area contributed by atoms with Crippen LogP contribution in [-0.4, -0.2) is 51.0 Å². The summed E-state index contributed by atoms with van der Waals surface area (Å²) in [6.07, 6.45) is 3.48. The van der Waals surface area contributed by atoms with Gasteiger partial charge >= 0.3 is 0 Å². The first-order valence-corrected chi connectivity index (χ1v) is 6.17. The average Bonchev–Trinajstić information content (AvgIpc) is 2.79. The van der Waals surface area contributed by atoms with E-state index in [1.165, 1.54) is 11.8 Å². The van der Waals surface area contributed by atoms with Gasteiger partial charge in [0, 0.05) is 38.3 Å². The Morgan fingerprint density at radius 3 is 2.84 bits per heavy atom. The second-order valence-electron chi connectivity index (χ2n) is 4.38. The summed E-state index contributed by atoms with van der Waals surface area (Å²) in [6, 6.07) is -0.234. The van der Waals surface area contributed by atoms with Crippen LogP contribution in [0, 0.1) is 0 Å². The number of hydrogen-bond donors (Lipinski definition) is 3. The maximum absolute atomic E-state index is 12.1. The van der Waals surface area contributed by atoms with E-state index in [0.717, 1.165) is 0 Å². The Morgan fingerprint density at radius 1 is 1.58 bits per heavy atom. The Kier molecular flexibility index (Phi) is 6.01. The molecule has 0 aliphatic carbocycles. The summed E-state index contributed by atoms with van der Waals surface area (Å²) >= 11 is 0. The van der Waals surface area contributed by atoms with E-state index in [1.54, 1.807) is 19.3 Å². The van der Waals surface area contributed by atoms with Crippen LogP contribution < -0.4 is 5.32 Å². The summed E-state index contributed by atoms with van der Waals surface area (Å²) in [5.41, 5.74) is 0. The normalized spacial score (nSPS) is 11.9. The van der Waals surface area contributed by atoms with Gasteiger partial charge in [-0.15, -0.1) is 0 Å². The molecule has 0 fully saturated rings. The summed E-state index contributed by atoms with van der Waals surface area (Å²) in [5.74, 6) is 0.362. The van der Waals surface area contributed by atoms with E-state index in [1.807, 2.05) is 0 Å². The van der Waals surface area contributed by atoms with Crippen molar-refractivity contribution >= 4 is 11.8 Å². The van der Waals surface area contributed by atoms with Crippen LogP contribution in [0.2, 0.25) is 0 Å². The van der Waals surface area contributed by atoms with Crippen LogP contribution in [0.5, 0.6) is 0 Å². The van der Waals surface area contributed by atoms with Gasteiger partial charge in [0.25, 0.3) is 0 Å². The first-order chi connectivity index (χ1) is 9.02. The van der Waals surface area contributed by atoms with Gasteiger partial charge in [0.2, 0.25) is 11.8 Å². The van der Waals surface area contributed by atoms with E-state index in [-0.39, 0.29) is 37.4 Å². The van der Waals surface area contributed by atoms with Crippen molar-refractivity contribution in [1.29, 1.82) is 0 Å². The van der Waals surface area contributed by atoms with Crippen molar-refractivity contribution in [3.05, 3.63) is 18.2 Å². The van der Waals surface area contributed by atoms with E-state index in [0.29, 0.717) is 12.4 Å². The SMILES string of the molecule is CC(=O)NC(C)CC(=O)N(CCO)Cc1ncc[nH]1. The Balaban J connectivity index is 2.54. The molecule has 2 amide bonds. The Hall–Kier alpha value is -1.89. The van der Waals surface area contributed by atoms with Gasteiger partial charge in [0.1, 0.15) is 5.82 Å². The molecule has 1 unspecified atom stereocenters. The number of nitrogens with one attached hydrogen (secondary N) is 2. The van der Waals surface area contributed by atoms with Gasteiger partial charge in [-0.25, -0.2) is 4.98 Å². The molecule has 1 atom stereocenters. The lowest BCUT2D eigenvalue weighted by Crippen LogP contribution is -2.39. The molecule has 0 saturated carbocycles. The highest BCUT2D eigenvalue weighted by Crippen LogP contribution is 2.03. The Bertz CT molecular complexity index is 405. The maximum Gasteiger partial charge on any atom is 0.225 e. The van der Waals surface area contributed by atoms with Gasteiger partial charge < -0.3 is 20.3 Å². The van der Waals surface area contributed by atoms with Crippen molar-refractivity contribution in [2.24, 2.45) is 0 Å². The maximum atomic E-state index is 12.1. The monoisotopic (exact) mass is 268 g/mol. The predicted molar refractivity (Wildman–Crippen MR) is 69.0 cm³/mol. The number of amides is 2. The van der Waals surface area contributed by atoms with Gasteiger partial charge in [0.15, 0.2) is 0 Å². The molecule has 1 rings (SSSR count). The lowest BCUT2D eigenvalue weighted by molar-refractivity contribution is -0.133. The molecule has 0 spiro atoms. The minimum Gasteiger partial charge on any atom is -0.395 e. The third-order valence-corrected chi connectivity index (χ3v) is 2.55. The molecule has 0 saturated heterocycles. The van der Waals surface area contributed by atoms with Crippen molar-refractivity contribution in [3.8, 4) is 0 Å². The topological polar surface area (TPSA) is 98.3 Å². The molecule has 1 heterocycles. The summed E-state index contributed by atoms with van der Waals surface area (Å²) in [7, 11) is 0. The van der Waals surface area contributed by atoms with Crippen LogP contribution in [0.3, 0.4) is 0 Å². The largest absolute Gasteiger partial charge is 0.395 e. The van der Waals surface area contributed by atoms with Crippen LogP contribution in [0.25, 0.3) is 0 Å². The smallest absolute Gasteiger partial charge is 0.225 e. The van der Waals surface area contributed by atoms with Gasteiger partial charge in [0.05, 0.1) is 13.2 Å². The highest BCUT2D eigenvalue weighted by molar-refractivity contribution is 5.78. The number of hydrogen-bond acceptors (Lipinski definition) is 4. The average molecular weight is 268 g/mol. The molecule has 19 heavy (non-hydrogen) atoms. The minimum atomic E-state index is -0.234. The zero-order valence-electron chi connectivity index (χ0n) is 11.2. The van der Waals surface area contributed by atoms with Crippen molar-refractivity contribution in [2.45, 2.75) is 32.9 Å². The number of carbonyl (C=O) groups is 2. The first kappa shape index (κ1) is 15.2. The molecule has 0 aliphatic heterocycles. The van der Waals surface area contributed by atoms with Crippen molar-refractivity contribution < 1.29 is 14.7 Å². The van der Waals surface area contributed by atoms with Crippen molar-refractivity contribution in [1.82, 2.24) is 20.2 Å². The number of aliphatic hydroxyl groups is 1. The molecule has 0 bridgehead atoms. The van der Waals surface area contributed by atoms with E-state index in [9.17, 15) is 9.59 Å². The van der Waals surface area contributed by atoms with Gasteiger partial charge in [-0.1, -0.05) is 0 Å². The third-order valence-electron chi connectivity index (χ3n) is 2.55. The van der Waals surface area contributed by atoms with Gasteiger partial charge in [-0.05, 0) is 6.92 Å². The van der Waals surface area contributed by atoms with E-state index in [4.69, 9.17) is 5.11 Å². The number of aromatic amines is 1. The lowest BCUT2D eigenvalue weighted by atomic mass is 10.2. The molecular formula is C12H20N4O3. The molecule has 0 radical (unpaired) electrons. The van der Waals surface area contributed by atoms with Crippen LogP contribution in [-0.2, 0) is 16.1 Å². The first-order valence-electron chi connectivity index (χ1n) is 6.17. The van der Waals surface area contributed by atoms with Gasteiger partial charge in [-0.3, -0.25) is 9.59 Å². The van der Waals surface area contributed by atoms with E-state index < -0.39 is 0 Å². The second kappa shape index (κ2) is 7.52. The molecule has 1 aromatic rings. The quantitative estimate of drug-likeness (QED) is 0.629. The summed E-state index contributed by atoms with van der Waals surface area (Å²) < 4.78 is 0. The molecule has 1 aromatic heterocycles. The van der Waals surface area contributed by atoms with Gasteiger partial charge in [-0.2, -0.15) is 0 Å². The fourth-order valence-electron chi connectivity index (χ4n) is 1.77. The van der Waals surface area contributed by atoms with Crippen LogP contribution in [0.1, 0.15) is 26.1 Å². The van der Waals surface area contributed by atoms with Crippen LogP contribution in [0.4, 0.5) is 0 Å². The number of aromatic nitrogens is 2. The molecule has 7 nitrogen and oxygen atoms in total. The van der Waals surface area contributed by atoms with Crippen LogP contribution >= 0.6 is 0 Å². The van der Waals surface area contributed by atoms with Crippen LogP contribution in [0.15, 0.2) is 12.4 Å². The number of imidazole rings is 1. The predicted octanol–water partition coefficient (Wildman–Crippen LogP) is -0.355. The third kappa shape index (κ3) is 5.52. The minimum absolute atomic E-state index is 0.110. The molecule has 7 heteroatoms. The van der Waals surface area contributed by atoms with E-state index in [2.05, 4.69) is 15.3 Å². The fraction of sp³-hybridized carbons (Fsp3) is 0.583. The molecule has 0 aliphatic rings. The van der Waals surface area contributed by atoms with Crippen molar-refractivity contribution in [2.75, 3.05) is 13.2 Å². The zero-order valence-corrected chi connectivity index (χ0v) is 11.2. The lowest BCUT2D eigenvalue weighted by Gasteiger charge is -2.22. The fourth-order valence-corrected chi connectivity index (χ4v) is 1.77. The summed E-state index contributed by atoms with van der Waals surface area (Å²) in [4.78, 5) is 31.4.